The van der Waals surface area contributed by atoms with Gasteiger partial charge in [0, 0.05) is 6.42 Å². The number of nitrogens with one attached hydrogen (secondary N) is 1. The quantitative estimate of drug-likeness (QED) is 0.453. The van der Waals surface area contributed by atoms with Crippen molar-refractivity contribution in [3.05, 3.63) is 0 Å². The minimum absolute atomic E-state index is 0.153. The van der Waals surface area contributed by atoms with Crippen LogP contribution in [-0.2, 0) is 14.3 Å². The number of hydrogen-bond donors (Lipinski definition) is 1. The number of ether oxygens (including phenoxy) is 1. The van der Waals surface area contributed by atoms with Crippen LogP contribution in [0.5, 0.6) is 0 Å². The Hall–Kier alpha value is -0.900. The molecule has 0 aliphatic heterocycles. The minimum atomic E-state index is -0.801. The van der Waals surface area contributed by atoms with Gasteiger partial charge in [0.2, 0.25) is 0 Å². The molecule has 0 rings (SSSR count). The van der Waals surface area contributed by atoms with Gasteiger partial charge in [-0.15, -0.1) is 0 Å². The summed E-state index contributed by atoms with van der Waals surface area (Å²) in [6.45, 7) is 1.70. The van der Waals surface area contributed by atoms with Crippen LogP contribution in [0.3, 0.4) is 0 Å². The first kappa shape index (κ1) is 10.1. The topological polar surface area (TPSA) is 55.4 Å². The lowest BCUT2D eigenvalue weighted by atomic mass is 10.1. The van der Waals surface area contributed by atoms with E-state index in [1.807, 2.05) is 0 Å². The summed E-state index contributed by atoms with van der Waals surface area (Å²) < 4.78 is 4.40. The van der Waals surface area contributed by atoms with E-state index < -0.39 is 12.0 Å². The molecule has 1 unspecified atom stereocenters. The Morgan fingerprint density at radius 3 is 2.36 bits per heavy atom. The highest BCUT2D eigenvalue weighted by atomic mass is 16.5. The third-order valence-corrected chi connectivity index (χ3v) is 1.40. The van der Waals surface area contributed by atoms with Gasteiger partial charge in [-0.25, -0.2) is 4.79 Å². The van der Waals surface area contributed by atoms with E-state index >= 15 is 0 Å². The number of likely N-dealkylation sites (N-methyl/N-ethyl adjacent to an activating group) is 1. The Bertz CT molecular complexity index is 140. The summed E-state index contributed by atoms with van der Waals surface area (Å²) in [7, 11) is 2.81. The maximum absolute atomic E-state index is 11.0. The molecule has 0 spiro atoms. The van der Waals surface area contributed by atoms with E-state index in [4.69, 9.17) is 0 Å². The van der Waals surface area contributed by atoms with Crippen LogP contribution in [0, 0.1) is 0 Å². The third-order valence-electron chi connectivity index (χ3n) is 1.40. The molecule has 0 aromatic carbocycles. The van der Waals surface area contributed by atoms with E-state index in [0.29, 0.717) is 6.42 Å². The van der Waals surface area contributed by atoms with Crippen molar-refractivity contribution < 1.29 is 14.3 Å². The average Bonchev–Trinajstić information content (AvgIpc) is 2.05. The number of hydrogen-bond acceptors (Lipinski definition) is 4. The average molecular weight is 159 g/mol. The van der Waals surface area contributed by atoms with Crippen LogP contribution in [0.4, 0.5) is 0 Å². The first-order valence-electron chi connectivity index (χ1n) is 3.45. The molecular formula is C7H13NO3. The Morgan fingerprint density at radius 2 is 2.09 bits per heavy atom. The zero-order chi connectivity index (χ0) is 8.85. The van der Waals surface area contributed by atoms with Crippen LogP contribution in [0.1, 0.15) is 13.3 Å². The minimum Gasteiger partial charge on any atom is -0.468 e. The van der Waals surface area contributed by atoms with Crippen LogP contribution in [0.2, 0.25) is 0 Å². The smallest absolute Gasteiger partial charge is 0.330 e. The highest BCUT2D eigenvalue weighted by Crippen LogP contribution is 1.92. The Labute approximate surface area is 65.9 Å². The molecular weight excluding hydrogens is 146 g/mol. The summed E-state index contributed by atoms with van der Waals surface area (Å²) in [4.78, 5) is 21.8. The number of methoxy groups -OCH3 is 1. The summed E-state index contributed by atoms with van der Waals surface area (Å²) in [5.41, 5.74) is 0. The number of Topliss-reactive ketones (excluding diaryl/α,β-unsaturated/α-hetero) is 1. The fraction of sp³-hybridized carbons (Fsp3) is 0.714. The number of ketones is 1. The maximum atomic E-state index is 11.0. The zero-order valence-electron chi connectivity index (χ0n) is 7.01. The second-order valence-corrected chi connectivity index (χ2v) is 2.06. The van der Waals surface area contributed by atoms with Crippen molar-refractivity contribution >= 4 is 11.8 Å². The fourth-order valence-electron chi connectivity index (χ4n) is 0.732. The maximum Gasteiger partial charge on any atom is 0.330 e. The summed E-state index contributed by atoms with van der Waals surface area (Å²) in [5, 5.41) is 2.58. The van der Waals surface area contributed by atoms with Crippen LogP contribution < -0.4 is 5.32 Å². The van der Waals surface area contributed by atoms with E-state index in [1.165, 1.54) is 7.11 Å². The summed E-state index contributed by atoms with van der Waals surface area (Å²) in [6, 6.07) is -0.801. The van der Waals surface area contributed by atoms with Gasteiger partial charge in [0.1, 0.15) is 0 Å². The van der Waals surface area contributed by atoms with Gasteiger partial charge >= 0.3 is 5.97 Å². The molecule has 1 atom stereocenters. The van der Waals surface area contributed by atoms with Crippen molar-refractivity contribution in [1.29, 1.82) is 0 Å². The Balaban J connectivity index is 4.15. The normalized spacial score (nSPS) is 12.3. The van der Waals surface area contributed by atoms with Crippen molar-refractivity contribution in [2.75, 3.05) is 14.2 Å². The Morgan fingerprint density at radius 1 is 1.55 bits per heavy atom. The number of rotatable bonds is 4. The molecule has 0 fully saturated rings. The predicted octanol–water partition coefficient (Wildman–Crippen LogP) is -0.274. The van der Waals surface area contributed by atoms with Crippen molar-refractivity contribution in [3.63, 3.8) is 0 Å². The lowest BCUT2D eigenvalue weighted by Gasteiger charge is -2.10. The van der Waals surface area contributed by atoms with E-state index in [2.05, 4.69) is 10.1 Å². The molecule has 11 heavy (non-hydrogen) atoms. The van der Waals surface area contributed by atoms with Gasteiger partial charge in [-0.2, -0.15) is 0 Å². The molecule has 4 nitrogen and oxygen atoms in total. The largest absolute Gasteiger partial charge is 0.468 e. The lowest BCUT2D eigenvalue weighted by Crippen LogP contribution is -2.41. The summed E-state index contributed by atoms with van der Waals surface area (Å²) in [5.74, 6) is -0.682. The zero-order valence-corrected chi connectivity index (χ0v) is 7.01. The second-order valence-electron chi connectivity index (χ2n) is 2.06. The number of carbonyl (C=O) groups is 2. The molecule has 64 valence electrons. The molecule has 4 heteroatoms. The van der Waals surface area contributed by atoms with Gasteiger partial charge in [-0.05, 0) is 7.05 Å². The molecule has 0 heterocycles. The standard InChI is InChI=1S/C7H13NO3/c1-4-5(9)6(8-2)7(10)11-3/h6,8H,4H2,1-3H3. The molecule has 0 amide bonds. The molecule has 0 aromatic heterocycles. The van der Waals surface area contributed by atoms with Crippen LogP contribution in [0.15, 0.2) is 0 Å². The van der Waals surface area contributed by atoms with Gasteiger partial charge in [-0.1, -0.05) is 6.92 Å². The van der Waals surface area contributed by atoms with Crippen molar-refractivity contribution in [2.24, 2.45) is 0 Å². The van der Waals surface area contributed by atoms with Crippen LogP contribution in [-0.4, -0.2) is 32.0 Å². The lowest BCUT2D eigenvalue weighted by molar-refractivity contribution is -0.146. The highest BCUT2D eigenvalue weighted by Gasteiger charge is 2.23. The van der Waals surface area contributed by atoms with Crippen molar-refractivity contribution in [3.8, 4) is 0 Å². The van der Waals surface area contributed by atoms with Crippen LogP contribution >= 0.6 is 0 Å². The molecule has 0 aromatic rings. The van der Waals surface area contributed by atoms with E-state index in [1.54, 1.807) is 14.0 Å². The number of esters is 1. The molecule has 1 N–H and O–H groups in total. The summed E-state index contributed by atoms with van der Waals surface area (Å²) >= 11 is 0. The Kier molecular flexibility index (Phi) is 4.45. The fourth-order valence-corrected chi connectivity index (χ4v) is 0.732. The molecule has 0 saturated heterocycles. The van der Waals surface area contributed by atoms with Crippen LogP contribution in [0.25, 0.3) is 0 Å². The highest BCUT2D eigenvalue weighted by molar-refractivity contribution is 6.02. The van der Waals surface area contributed by atoms with Crippen molar-refractivity contribution in [2.45, 2.75) is 19.4 Å². The van der Waals surface area contributed by atoms with Gasteiger partial charge in [0.25, 0.3) is 0 Å². The monoisotopic (exact) mass is 159 g/mol. The SMILES string of the molecule is CCC(=O)C(NC)C(=O)OC. The van der Waals surface area contributed by atoms with E-state index in [9.17, 15) is 9.59 Å². The predicted molar refractivity (Wildman–Crippen MR) is 40.2 cm³/mol. The number of carbonyl (C=O) groups excluding carboxylic acids is 2. The van der Waals surface area contributed by atoms with Gasteiger partial charge in [0.15, 0.2) is 11.8 Å². The van der Waals surface area contributed by atoms with Gasteiger partial charge in [-0.3, -0.25) is 4.79 Å². The van der Waals surface area contributed by atoms with E-state index in [-0.39, 0.29) is 5.78 Å². The molecule has 0 bridgehead atoms. The van der Waals surface area contributed by atoms with E-state index in [0.717, 1.165) is 0 Å². The molecule has 0 saturated carbocycles. The van der Waals surface area contributed by atoms with Gasteiger partial charge < -0.3 is 10.1 Å². The van der Waals surface area contributed by atoms with Crippen molar-refractivity contribution in [1.82, 2.24) is 5.32 Å². The molecule has 0 radical (unpaired) electrons. The first-order valence-corrected chi connectivity index (χ1v) is 3.45. The first-order chi connectivity index (χ1) is 5.17. The molecule has 0 aliphatic rings. The second kappa shape index (κ2) is 4.85. The third kappa shape index (κ3) is 2.67. The van der Waals surface area contributed by atoms with Gasteiger partial charge in [0.05, 0.1) is 7.11 Å². The molecule has 0 aliphatic carbocycles. The summed E-state index contributed by atoms with van der Waals surface area (Å²) in [6.07, 6.45) is 0.334.